The molecule has 0 saturated heterocycles. The van der Waals surface area contributed by atoms with Gasteiger partial charge in [0, 0.05) is 36.2 Å². The maximum absolute atomic E-state index is 14.7. The van der Waals surface area contributed by atoms with Gasteiger partial charge in [0.15, 0.2) is 11.6 Å². The molecule has 6 rings (SSSR count). The number of ether oxygens (including phenoxy) is 2. The zero-order valence-electron chi connectivity index (χ0n) is 29.9. The highest BCUT2D eigenvalue weighted by Gasteiger charge is 2.23. The van der Waals surface area contributed by atoms with Crippen molar-refractivity contribution in [3.63, 3.8) is 0 Å². The number of rotatable bonds is 18. The molecule has 2 saturated carbocycles. The van der Waals surface area contributed by atoms with E-state index >= 15 is 0 Å². The van der Waals surface area contributed by atoms with E-state index in [2.05, 4.69) is 79.7 Å². The molecule has 0 spiro atoms. The quantitative estimate of drug-likeness (QED) is 0.0658. The summed E-state index contributed by atoms with van der Waals surface area (Å²) in [4.78, 5) is 33.3. The molecule has 2 fully saturated rings. The van der Waals surface area contributed by atoms with Crippen molar-refractivity contribution >= 4 is 92.9 Å². The average Bonchev–Trinajstić information content (AvgIpc) is 4.09. The summed E-state index contributed by atoms with van der Waals surface area (Å²) >= 11 is 13.6. The van der Waals surface area contributed by atoms with Crippen LogP contribution in [0.25, 0.3) is 0 Å². The van der Waals surface area contributed by atoms with E-state index in [1.54, 1.807) is 30.3 Å². The molecular weight excluding hydrogens is 992 g/mol. The number of benzene rings is 4. The largest absolute Gasteiger partial charge is 0.486 e. The minimum atomic E-state index is -1.13. The molecule has 0 unspecified atom stereocenters. The summed E-state index contributed by atoms with van der Waals surface area (Å²) in [6.07, 6.45) is 5.28. The van der Waals surface area contributed by atoms with E-state index in [4.69, 9.17) is 19.7 Å². The van der Waals surface area contributed by atoms with E-state index < -0.39 is 24.4 Å². The fraction of sp³-hybridized carbons (Fsp3) is 0.325. The number of hydrogen-bond donors (Lipinski definition) is 5. The highest BCUT2D eigenvalue weighted by atomic mass is 79.9. The SMILES string of the molecule is O=C(O)CCc1cc(Br)c(OCc2cccc(NCC3CC3)c2F)c(Br)c1.O=C(O)CNC(=O)c1cc(Br)c(OCc2cccc(NCC3CC3)c2F)c(Br)c1. The Bertz CT molecular complexity index is 2020. The van der Waals surface area contributed by atoms with E-state index in [0.29, 0.717) is 70.1 Å². The van der Waals surface area contributed by atoms with Crippen molar-refractivity contribution in [2.75, 3.05) is 30.3 Å². The molecule has 0 aliphatic heterocycles. The summed E-state index contributed by atoms with van der Waals surface area (Å²) in [6.45, 7) is 1.19. The molecule has 16 heteroatoms. The van der Waals surface area contributed by atoms with Crippen LogP contribution in [0.2, 0.25) is 0 Å². The molecule has 1 amide bonds. The van der Waals surface area contributed by atoms with Gasteiger partial charge in [-0.15, -0.1) is 0 Å². The lowest BCUT2D eigenvalue weighted by Crippen LogP contribution is -2.29. The predicted octanol–water partition coefficient (Wildman–Crippen LogP) is 10.3. The van der Waals surface area contributed by atoms with Crippen molar-refractivity contribution < 1.29 is 42.9 Å². The fourth-order valence-electron chi connectivity index (χ4n) is 5.34. The molecule has 5 N–H and O–H groups in total. The second kappa shape index (κ2) is 20.6. The third kappa shape index (κ3) is 13.2. The van der Waals surface area contributed by atoms with Gasteiger partial charge in [0.1, 0.15) is 31.3 Å². The summed E-state index contributed by atoms with van der Waals surface area (Å²) < 4.78 is 43.3. The standard InChI is InChI=1S/C20H19Br2FN2O4.C20H20Br2FNO3/c21-14-6-13(20(28)25-9-17(26)27)7-15(22)19(14)29-10-12-2-1-3-16(18(12)23)24-8-11-4-5-11;21-15-8-13(6-7-18(25)26)9-16(22)20(15)27-11-14-2-1-3-17(19(14)23)24-10-12-4-5-12/h1-3,6-7,11,24H,4-5,8-10H2,(H,25,28)(H,26,27);1-3,8-9,12,24H,4-7,10-11H2,(H,25,26). The maximum atomic E-state index is 14.7. The van der Waals surface area contributed by atoms with Crippen molar-refractivity contribution in [3.05, 3.63) is 112 Å². The van der Waals surface area contributed by atoms with E-state index in [-0.39, 0.29) is 36.8 Å². The number of halogens is 6. The highest BCUT2D eigenvalue weighted by molar-refractivity contribution is 9.11. The zero-order valence-corrected chi connectivity index (χ0v) is 36.3. The van der Waals surface area contributed by atoms with Crippen LogP contribution < -0.4 is 25.4 Å². The first-order valence-electron chi connectivity index (χ1n) is 17.8. The molecule has 2 aliphatic carbocycles. The summed E-state index contributed by atoms with van der Waals surface area (Å²) in [7, 11) is 0. The van der Waals surface area contributed by atoms with Crippen LogP contribution in [-0.4, -0.2) is 47.7 Å². The summed E-state index contributed by atoms with van der Waals surface area (Å²) in [5, 5.41) is 26.1. The summed E-state index contributed by atoms with van der Waals surface area (Å²) in [5.74, 6) is -0.862. The van der Waals surface area contributed by atoms with Gasteiger partial charge in [-0.25, -0.2) is 8.78 Å². The Balaban J connectivity index is 0.000000215. The Hall–Kier alpha value is -3.73. The number of amides is 1. The van der Waals surface area contributed by atoms with Crippen LogP contribution in [0.4, 0.5) is 20.2 Å². The lowest BCUT2D eigenvalue weighted by atomic mass is 10.1. The van der Waals surface area contributed by atoms with Gasteiger partial charge in [0.2, 0.25) is 0 Å². The molecule has 4 aromatic carbocycles. The van der Waals surface area contributed by atoms with Gasteiger partial charge in [-0.1, -0.05) is 24.3 Å². The Morgan fingerprint density at radius 1 is 0.679 bits per heavy atom. The molecule has 0 aromatic heterocycles. The molecule has 2 aliphatic rings. The number of aliphatic carboxylic acids is 2. The molecule has 56 heavy (non-hydrogen) atoms. The Morgan fingerprint density at radius 2 is 1.12 bits per heavy atom. The number of carboxylic acid groups (broad SMARTS) is 2. The fourth-order valence-corrected chi connectivity index (χ4v) is 8.27. The van der Waals surface area contributed by atoms with Crippen LogP contribution in [0.5, 0.6) is 11.5 Å². The number of nitrogens with one attached hydrogen (secondary N) is 3. The number of hydrogen-bond acceptors (Lipinski definition) is 7. The third-order valence-corrected chi connectivity index (χ3v) is 11.2. The van der Waals surface area contributed by atoms with Crippen molar-refractivity contribution in [2.45, 2.75) is 51.7 Å². The lowest BCUT2D eigenvalue weighted by molar-refractivity contribution is -0.137. The number of carboxylic acids is 2. The Labute approximate surface area is 356 Å². The second-order valence-corrected chi connectivity index (χ2v) is 16.8. The predicted molar refractivity (Wildman–Crippen MR) is 224 cm³/mol. The van der Waals surface area contributed by atoms with E-state index in [9.17, 15) is 23.2 Å². The highest BCUT2D eigenvalue weighted by Crippen LogP contribution is 2.38. The van der Waals surface area contributed by atoms with Crippen molar-refractivity contribution in [2.24, 2.45) is 11.8 Å². The number of carbonyl (C=O) groups is 3. The Morgan fingerprint density at radius 3 is 1.54 bits per heavy atom. The van der Waals surface area contributed by atoms with Crippen molar-refractivity contribution in [1.29, 1.82) is 0 Å². The van der Waals surface area contributed by atoms with Crippen LogP contribution in [-0.2, 0) is 29.2 Å². The van der Waals surface area contributed by atoms with Crippen LogP contribution >= 0.6 is 63.7 Å². The zero-order chi connectivity index (χ0) is 40.4. The molecule has 0 bridgehead atoms. The number of anilines is 2. The second-order valence-electron chi connectivity index (χ2n) is 13.4. The summed E-state index contributed by atoms with van der Waals surface area (Å²) in [5.41, 5.74) is 2.99. The van der Waals surface area contributed by atoms with Crippen LogP contribution in [0.15, 0.2) is 78.6 Å². The average molecular weight is 1030 g/mol. The van der Waals surface area contributed by atoms with Gasteiger partial charge < -0.3 is 35.6 Å². The van der Waals surface area contributed by atoms with Crippen LogP contribution in [0.3, 0.4) is 0 Å². The molecule has 0 atom stereocenters. The third-order valence-electron chi connectivity index (χ3n) is 8.80. The molecule has 4 aromatic rings. The molecular formula is C40H39Br4F2N3O7. The maximum Gasteiger partial charge on any atom is 0.322 e. The van der Waals surface area contributed by atoms with Gasteiger partial charge >= 0.3 is 11.9 Å². The first-order chi connectivity index (χ1) is 26.8. The number of carbonyl (C=O) groups excluding carboxylic acids is 1. The topological polar surface area (TPSA) is 146 Å². The van der Waals surface area contributed by atoms with E-state index in [0.717, 1.165) is 18.7 Å². The first-order valence-corrected chi connectivity index (χ1v) is 20.9. The van der Waals surface area contributed by atoms with Crippen LogP contribution in [0, 0.1) is 23.5 Å². The van der Waals surface area contributed by atoms with Gasteiger partial charge in [0.25, 0.3) is 5.91 Å². The summed E-state index contributed by atoms with van der Waals surface area (Å²) in [6, 6.07) is 17.1. The van der Waals surface area contributed by atoms with Gasteiger partial charge in [-0.2, -0.15) is 0 Å². The smallest absolute Gasteiger partial charge is 0.322 e. The van der Waals surface area contributed by atoms with E-state index in [1.165, 1.54) is 37.8 Å². The molecule has 0 radical (unpaired) electrons. The van der Waals surface area contributed by atoms with Crippen molar-refractivity contribution in [1.82, 2.24) is 5.32 Å². The monoisotopic (exact) mass is 1030 g/mol. The lowest BCUT2D eigenvalue weighted by Gasteiger charge is -2.14. The van der Waals surface area contributed by atoms with Crippen LogP contribution in [0.1, 0.15) is 59.2 Å². The number of aryl methyl sites for hydroxylation is 1. The van der Waals surface area contributed by atoms with Gasteiger partial charge in [-0.3, -0.25) is 14.4 Å². The first kappa shape index (κ1) is 43.4. The molecule has 0 heterocycles. The minimum Gasteiger partial charge on any atom is -0.486 e. The van der Waals surface area contributed by atoms with Gasteiger partial charge in [0.05, 0.1) is 29.3 Å². The van der Waals surface area contributed by atoms with Gasteiger partial charge in [-0.05, 0) is 150 Å². The van der Waals surface area contributed by atoms with E-state index in [1.807, 2.05) is 18.2 Å². The molecule has 298 valence electrons. The molecule has 10 nitrogen and oxygen atoms in total. The minimum absolute atomic E-state index is 0.00649. The normalized spacial score (nSPS) is 13.2. The Kier molecular flexibility index (Phi) is 16.0. The van der Waals surface area contributed by atoms with Crippen molar-refractivity contribution in [3.8, 4) is 11.5 Å².